The molecule has 176 valence electrons. The molecule has 0 radical (unpaired) electrons. The Labute approximate surface area is 201 Å². The van der Waals surface area contributed by atoms with Gasteiger partial charge < -0.3 is 24.6 Å². The van der Waals surface area contributed by atoms with Gasteiger partial charge in [-0.05, 0) is 36.1 Å². The second-order valence-corrected chi connectivity index (χ2v) is 8.59. The van der Waals surface area contributed by atoms with Gasteiger partial charge in [0.2, 0.25) is 11.8 Å². The zero-order chi connectivity index (χ0) is 25.4. The Morgan fingerprint density at radius 3 is 2.76 bits per heavy atom. The second-order valence-electron chi connectivity index (χ2n) is 8.59. The maximum absolute atomic E-state index is 13.1. The van der Waals surface area contributed by atoms with Crippen molar-refractivity contribution < 1.29 is 26.6 Å². The number of allylic oxidation sites excluding steroid dienone is 1. The molecule has 2 aromatic rings. The van der Waals surface area contributed by atoms with Crippen LogP contribution < -0.4 is 10.0 Å². The van der Waals surface area contributed by atoms with E-state index in [1.165, 1.54) is 4.90 Å². The summed E-state index contributed by atoms with van der Waals surface area (Å²) < 4.78 is 27.3. The second kappa shape index (κ2) is 9.30. The predicted octanol–water partition coefficient (Wildman–Crippen LogP) is 2.37. The molecule has 2 aromatic carbocycles. The average molecular weight is 464 g/mol. The van der Waals surface area contributed by atoms with E-state index in [0.29, 0.717) is 48.5 Å². The third-order valence-corrected chi connectivity index (χ3v) is 6.32. The molecule has 2 saturated heterocycles. The van der Waals surface area contributed by atoms with Crippen LogP contribution in [-0.2, 0) is 34.0 Å². The number of amides is 3. The van der Waals surface area contributed by atoms with Crippen LogP contribution in [0.5, 0.6) is 5.75 Å². The Morgan fingerprint density at radius 2 is 1.97 bits per heavy atom. The van der Waals surface area contributed by atoms with Gasteiger partial charge in [-0.15, -0.1) is 0 Å². The first-order chi connectivity index (χ1) is 17.3. The minimum atomic E-state index is -0.880. The van der Waals surface area contributed by atoms with E-state index in [9.17, 15) is 14.4 Å². The summed E-state index contributed by atoms with van der Waals surface area (Å²) in [6, 6.07) is 12.2. The normalized spacial score (nSPS) is 23.7. The lowest BCUT2D eigenvalue weighted by molar-refractivity contribution is -0.143. The summed E-state index contributed by atoms with van der Waals surface area (Å²) in [5.41, 5.74) is 3.24. The van der Waals surface area contributed by atoms with E-state index in [1.54, 1.807) is 23.1 Å². The summed E-state index contributed by atoms with van der Waals surface area (Å²) >= 11 is 0. The van der Waals surface area contributed by atoms with Crippen LogP contribution in [-0.4, -0.2) is 53.3 Å². The molecule has 0 saturated carbocycles. The molecule has 0 bridgehead atoms. The summed E-state index contributed by atoms with van der Waals surface area (Å²) in [7, 11) is 0. The van der Waals surface area contributed by atoms with Crippen molar-refractivity contribution in [1.82, 2.24) is 15.1 Å². The molecule has 1 N–H and O–H groups in total. The molecule has 8 nitrogen and oxygen atoms in total. The Bertz CT molecular complexity index is 1220. The number of nitrogens with zero attached hydrogens (tertiary/aromatic N) is 2. The van der Waals surface area contributed by atoms with Crippen LogP contribution in [0.2, 0.25) is 1.41 Å². The van der Waals surface area contributed by atoms with Gasteiger partial charge in [-0.1, -0.05) is 36.9 Å². The zero-order valence-electron chi connectivity index (χ0n) is 20.7. The quantitative estimate of drug-likeness (QED) is 0.711. The van der Waals surface area contributed by atoms with E-state index in [0.717, 1.165) is 11.1 Å². The van der Waals surface area contributed by atoms with Crippen molar-refractivity contribution in [2.24, 2.45) is 0 Å². The highest BCUT2D eigenvalue weighted by molar-refractivity contribution is 6.02. The van der Waals surface area contributed by atoms with Crippen LogP contribution in [0.25, 0.3) is 0 Å². The molecule has 8 heteroatoms. The number of fused-ring (bicyclic) bond motifs is 1. The first kappa shape index (κ1) is 19.8. The Morgan fingerprint density at radius 1 is 1.18 bits per heavy atom. The number of benzene rings is 2. The molecule has 2 fully saturated rings. The van der Waals surface area contributed by atoms with Crippen molar-refractivity contribution in [3.05, 3.63) is 77.0 Å². The highest BCUT2D eigenvalue weighted by atomic mass is 16.5. The molecule has 3 aliphatic heterocycles. The number of nitrogens with one attached hydrogen (secondary N) is 1. The van der Waals surface area contributed by atoms with Gasteiger partial charge in [0.25, 0.3) is 5.91 Å². The predicted molar refractivity (Wildman–Crippen MR) is 124 cm³/mol. The fourth-order valence-electron chi connectivity index (χ4n) is 4.42. The molecular formula is C26H27N3O5. The van der Waals surface area contributed by atoms with Gasteiger partial charge in [-0.3, -0.25) is 14.4 Å². The number of ether oxygens (including phenoxy) is 2. The van der Waals surface area contributed by atoms with Crippen LogP contribution in [0.4, 0.5) is 0 Å². The third-order valence-electron chi connectivity index (χ3n) is 6.32. The minimum absolute atomic E-state index is 0.0104. The molecule has 2 unspecified atom stereocenters. The lowest BCUT2D eigenvalue weighted by atomic mass is 10.0. The van der Waals surface area contributed by atoms with E-state index in [2.05, 4.69) is 6.58 Å². The van der Waals surface area contributed by atoms with Crippen molar-refractivity contribution in [3.63, 3.8) is 0 Å². The highest BCUT2D eigenvalue weighted by Crippen LogP contribution is 2.34. The fourth-order valence-corrected chi connectivity index (χ4v) is 4.42. The van der Waals surface area contributed by atoms with E-state index in [4.69, 9.17) is 12.3 Å². The largest absolute Gasteiger partial charge is 0.489 e. The maximum atomic E-state index is 13.1. The molecule has 3 aliphatic rings. The molecule has 34 heavy (non-hydrogen) atoms. The van der Waals surface area contributed by atoms with Crippen LogP contribution in [0.15, 0.2) is 54.7 Å². The molecule has 0 aliphatic carbocycles. The molecule has 3 amide bonds. The average Bonchev–Trinajstić information content (AvgIpc) is 3.22. The van der Waals surface area contributed by atoms with Crippen LogP contribution in [0, 0.1) is 0 Å². The van der Waals surface area contributed by atoms with Gasteiger partial charge in [0, 0.05) is 31.3 Å². The van der Waals surface area contributed by atoms with Crippen molar-refractivity contribution in [2.75, 3.05) is 19.8 Å². The van der Waals surface area contributed by atoms with Gasteiger partial charge >= 0.3 is 0 Å². The van der Waals surface area contributed by atoms with E-state index < -0.39 is 18.3 Å². The Kier molecular flexibility index (Phi) is 5.42. The number of morpholine rings is 1. The standard InChI is InChI=1S/C26H27N3O5/c1-17-5-10-22(25(31)27-17)29-14-21-20(26(29)32)3-2-4-23(21)34-15-19-8-6-18(7-9-19)13-28-11-12-33-16-24(28)30/h2-4,6-9,22H,1,5,10-16H2,(H,27,31)/i5D/hD. The number of carbonyl (C=O) groups excluding carboxylic acids is 3. The van der Waals surface area contributed by atoms with Crippen molar-refractivity contribution in [2.45, 2.75) is 38.6 Å². The van der Waals surface area contributed by atoms with Gasteiger partial charge in [0.05, 0.1) is 13.2 Å². The highest BCUT2D eigenvalue weighted by Gasteiger charge is 2.39. The molecule has 2 atom stereocenters. The molecule has 5 rings (SSSR count). The Hall–Kier alpha value is -3.65. The summed E-state index contributed by atoms with van der Waals surface area (Å²) in [6.45, 7) is 5.91. The summed E-state index contributed by atoms with van der Waals surface area (Å²) in [5, 5.41) is 0.637. The van der Waals surface area contributed by atoms with Crippen LogP contribution >= 0.6 is 0 Å². The number of rotatable bonds is 6. The number of hydrogen-bond donors (Lipinski definition) is 1. The number of hydrogen-bond acceptors (Lipinski definition) is 5. The van der Waals surface area contributed by atoms with E-state index in [-0.39, 0.29) is 37.1 Å². The number of piperidine rings is 1. The van der Waals surface area contributed by atoms with Crippen molar-refractivity contribution in [1.29, 1.82) is 0 Å². The zero-order valence-corrected chi connectivity index (χ0v) is 18.7. The van der Waals surface area contributed by atoms with E-state index in [1.807, 2.05) is 24.3 Å². The van der Waals surface area contributed by atoms with E-state index >= 15 is 0 Å². The fraction of sp³-hybridized carbons (Fsp3) is 0.346. The summed E-state index contributed by atoms with van der Waals surface area (Å²) in [6.07, 6.45) is -0.701. The van der Waals surface area contributed by atoms with Gasteiger partial charge in [-0.2, -0.15) is 0 Å². The molecule has 0 spiro atoms. The number of carbonyl (C=O) groups is 3. The Balaban J connectivity index is 1.25. The van der Waals surface area contributed by atoms with Crippen molar-refractivity contribution >= 4 is 17.7 Å². The SMILES string of the molecule is [2H]C1CC(N2Cc3c(OCc4ccc(CN5CCOCC5=O)cc4)cccc3C2=O)C(=O)N([2H])C1=C. The summed E-state index contributed by atoms with van der Waals surface area (Å²) in [4.78, 5) is 40.9. The monoisotopic (exact) mass is 463 g/mol. The maximum Gasteiger partial charge on any atom is 0.255 e. The first-order valence-corrected chi connectivity index (χ1v) is 11.3. The van der Waals surface area contributed by atoms with Crippen molar-refractivity contribution in [3.8, 4) is 5.75 Å². The lowest BCUT2D eigenvalue weighted by Crippen LogP contribution is -2.49. The molecular weight excluding hydrogens is 434 g/mol. The molecule has 3 heterocycles. The van der Waals surface area contributed by atoms with Gasteiger partial charge in [0.15, 0.2) is 1.41 Å². The first-order valence-electron chi connectivity index (χ1n) is 12.3. The molecule has 0 aromatic heterocycles. The lowest BCUT2D eigenvalue weighted by Gasteiger charge is -2.31. The smallest absolute Gasteiger partial charge is 0.255 e. The topological polar surface area (TPSA) is 88.2 Å². The van der Waals surface area contributed by atoms with Gasteiger partial charge in [-0.25, -0.2) is 0 Å². The van der Waals surface area contributed by atoms with Gasteiger partial charge in [0.1, 0.15) is 25.0 Å². The van der Waals surface area contributed by atoms with Crippen LogP contribution in [0.1, 0.15) is 41.2 Å². The third kappa shape index (κ3) is 4.41. The van der Waals surface area contributed by atoms with Crippen LogP contribution in [0.3, 0.4) is 0 Å². The summed E-state index contributed by atoms with van der Waals surface area (Å²) in [5.74, 6) is -0.303. The minimum Gasteiger partial charge on any atom is -0.489 e.